The van der Waals surface area contributed by atoms with Crippen molar-refractivity contribution < 1.29 is 19.1 Å². The summed E-state index contributed by atoms with van der Waals surface area (Å²) in [6.45, 7) is 0. The second kappa shape index (κ2) is 8.83. The molecule has 0 spiro atoms. The minimum Gasteiger partial charge on any atom is -0.493 e. The van der Waals surface area contributed by atoms with Gasteiger partial charge in [0.2, 0.25) is 0 Å². The highest BCUT2D eigenvalue weighted by Gasteiger charge is 2.33. The molecule has 1 amide bonds. The van der Waals surface area contributed by atoms with Crippen LogP contribution in [-0.4, -0.2) is 23.3 Å². The fourth-order valence-corrected chi connectivity index (χ4v) is 4.72. The van der Waals surface area contributed by atoms with Crippen molar-refractivity contribution in [3.63, 3.8) is 0 Å². The van der Waals surface area contributed by atoms with Crippen molar-refractivity contribution in [2.75, 3.05) is 12.0 Å². The topological polar surface area (TPSA) is 55.8 Å². The van der Waals surface area contributed by atoms with Gasteiger partial charge in [0.1, 0.15) is 4.88 Å². The van der Waals surface area contributed by atoms with E-state index in [4.69, 9.17) is 21.7 Å². The largest absolute Gasteiger partial charge is 0.493 e. The van der Waals surface area contributed by atoms with Gasteiger partial charge < -0.3 is 9.47 Å². The lowest BCUT2D eigenvalue weighted by Gasteiger charge is -2.13. The number of rotatable bonds is 5. The smallest absolute Gasteiger partial charge is 0.353 e. The molecule has 0 bridgehead atoms. The Bertz CT molecular complexity index is 1140. The van der Waals surface area contributed by atoms with E-state index in [1.807, 2.05) is 35.7 Å². The quantitative estimate of drug-likeness (QED) is 0.224. The molecule has 8 heteroatoms. The summed E-state index contributed by atoms with van der Waals surface area (Å²) in [5.41, 5.74) is 1.47. The Morgan fingerprint density at radius 3 is 2.57 bits per heavy atom. The van der Waals surface area contributed by atoms with Crippen molar-refractivity contribution in [1.82, 2.24) is 0 Å². The highest BCUT2D eigenvalue weighted by Crippen LogP contribution is 2.37. The number of anilines is 1. The molecule has 0 aliphatic carbocycles. The molecule has 1 aromatic heterocycles. The summed E-state index contributed by atoms with van der Waals surface area (Å²) >= 11 is 7.94. The highest BCUT2D eigenvalue weighted by molar-refractivity contribution is 8.27. The number of hydrogen-bond donors (Lipinski definition) is 0. The molecule has 0 radical (unpaired) electrons. The normalized spacial score (nSPS) is 15.0. The van der Waals surface area contributed by atoms with Gasteiger partial charge in [0.15, 0.2) is 15.8 Å². The number of thiophene rings is 1. The number of amides is 1. The summed E-state index contributed by atoms with van der Waals surface area (Å²) in [6, 6.07) is 17.9. The number of benzene rings is 2. The lowest BCUT2D eigenvalue weighted by molar-refractivity contribution is -0.113. The van der Waals surface area contributed by atoms with Crippen LogP contribution in [0.25, 0.3) is 6.08 Å². The van der Waals surface area contributed by atoms with Crippen molar-refractivity contribution in [3.8, 4) is 11.5 Å². The third-order valence-electron chi connectivity index (χ3n) is 4.22. The highest BCUT2D eigenvalue weighted by atomic mass is 32.2. The first-order chi connectivity index (χ1) is 14.6. The molecular formula is C22H15NO4S3. The van der Waals surface area contributed by atoms with Crippen LogP contribution in [0.3, 0.4) is 0 Å². The summed E-state index contributed by atoms with van der Waals surface area (Å²) in [5.74, 6) is 0.0835. The zero-order valence-electron chi connectivity index (χ0n) is 15.7. The van der Waals surface area contributed by atoms with Gasteiger partial charge >= 0.3 is 5.97 Å². The molecule has 0 unspecified atom stereocenters. The van der Waals surface area contributed by atoms with Crippen molar-refractivity contribution in [1.29, 1.82) is 0 Å². The number of thiocarbonyl (C=S) groups is 1. The molecule has 1 saturated heterocycles. The van der Waals surface area contributed by atoms with Crippen LogP contribution in [-0.2, 0) is 4.79 Å². The number of thioether (sulfide) groups is 1. The van der Waals surface area contributed by atoms with Gasteiger partial charge in [-0.05, 0) is 47.4 Å². The van der Waals surface area contributed by atoms with Crippen molar-refractivity contribution in [2.45, 2.75) is 0 Å². The van der Waals surface area contributed by atoms with E-state index in [9.17, 15) is 9.59 Å². The molecule has 3 aromatic rings. The Labute approximate surface area is 186 Å². The maximum Gasteiger partial charge on any atom is 0.353 e. The van der Waals surface area contributed by atoms with Crippen LogP contribution in [0.5, 0.6) is 11.5 Å². The van der Waals surface area contributed by atoms with E-state index >= 15 is 0 Å². The zero-order chi connectivity index (χ0) is 21.1. The molecule has 0 N–H and O–H groups in total. The maximum atomic E-state index is 12.9. The van der Waals surface area contributed by atoms with Crippen LogP contribution in [0.4, 0.5) is 5.69 Å². The fourth-order valence-electron chi connectivity index (χ4n) is 2.82. The number of para-hydroxylation sites is 1. The second-order valence-corrected chi connectivity index (χ2v) is 8.75. The predicted molar refractivity (Wildman–Crippen MR) is 124 cm³/mol. The van der Waals surface area contributed by atoms with Gasteiger partial charge in [-0.3, -0.25) is 9.69 Å². The third kappa shape index (κ3) is 4.16. The minimum absolute atomic E-state index is 0.177. The van der Waals surface area contributed by atoms with Crippen molar-refractivity contribution in [3.05, 3.63) is 81.4 Å². The van der Waals surface area contributed by atoms with Crippen LogP contribution in [0.2, 0.25) is 0 Å². The fraction of sp³-hybridized carbons (Fsp3) is 0.0455. The van der Waals surface area contributed by atoms with Gasteiger partial charge in [0.05, 0.1) is 17.7 Å². The number of methoxy groups -OCH3 is 1. The number of esters is 1. The van der Waals surface area contributed by atoms with E-state index in [0.29, 0.717) is 25.6 Å². The van der Waals surface area contributed by atoms with Gasteiger partial charge in [0, 0.05) is 0 Å². The summed E-state index contributed by atoms with van der Waals surface area (Å²) in [5, 5.41) is 1.81. The first kappa shape index (κ1) is 20.3. The Kier molecular flexibility index (Phi) is 5.98. The summed E-state index contributed by atoms with van der Waals surface area (Å²) in [6.07, 6.45) is 1.75. The molecule has 1 aliphatic rings. The zero-order valence-corrected chi connectivity index (χ0v) is 18.2. The molecule has 0 atom stereocenters. The Morgan fingerprint density at radius 2 is 1.87 bits per heavy atom. The molecule has 0 saturated carbocycles. The van der Waals surface area contributed by atoms with Gasteiger partial charge in [-0.15, -0.1) is 11.3 Å². The van der Waals surface area contributed by atoms with Gasteiger partial charge in [-0.2, -0.15) is 0 Å². The first-order valence-electron chi connectivity index (χ1n) is 8.83. The van der Waals surface area contributed by atoms with Crippen LogP contribution in [0.1, 0.15) is 15.2 Å². The molecule has 150 valence electrons. The average molecular weight is 454 g/mol. The van der Waals surface area contributed by atoms with Crippen LogP contribution in [0.15, 0.2) is 70.9 Å². The molecule has 5 nitrogen and oxygen atoms in total. The monoisotopic (exact) mass is 453 g/mol. The average Bonchev–Trinajstić information content (AvgIpc) is 3.38. The van der Waals surface area contributed by atoms with Gasteiger partial charge in [-0.1, -0.05) is 54.3 Å². The van der Waals surface area contributed by atoms with Crippen molar-refractivity contribution in [2.24, 2.45) is 0 Å². The summed E-state index contributed by atoms with van der Waals surface area (Å²) < 4.78 is 11.3. The molecule has 1 fully saturated rings. The Morgan fingerprint density at radius 1 is 1.07 bits per heavy atom. The molecule has 1 aliphatic heterocycles. The number of ether oxygens (including phenoxy) is 2. The molecule has 4 rings (SSSR count). The van der Waals surface area contributed by atoms with E-state index in [0.717, 1.165) is 11.3 Å². The van der Waals surface area contributed by atoms with Crippen LogP contribution < -0.4 is 14.4 Å². The lowest BCUT2D eigenvalue weighted by Crippen LogP contribution is -2.27. The van der Waals surface area contributed by atoms with E-state index in [1.165, 1.54) is 35.1 Å². The standard InChI is InChI=1S/C22H15NO4S3/c1-26-17-12-14(9-10-16(17)27-21(25)18-8-5-11-29-18)13-19-20(24)23(22(28)30-19)15-6-3-2-4-7-15/h2-13H,1H3. The van der Waals surface area contributed by atoms with Crippen LogP contribution in [0, 0.1) is 0 Å². The van der Waals surface area contributed by atoms with Crippen molar-refractivity contribution >= 4 is 63.3 Å². The summed E-state index contributed by atoms with van der Waals surface area (Å²) in [4.78, 5) is 27.6. The number of hydrogen-bond acceptors (Lipinski definition) is 7. The SMILES string of the molecule is COc1cc(C=C2SC(=S)N(c3ccccc3)C2=O)ccc1OC(=O)c1cccs1. The Hall–Kier alpha value is -2.94. The Balaban J connectivity index is 1.57. The first-order valence-corrected chi connectivity index (χ1v) is 10.9. The molecule has 30 heavy (non-hydrogen) atoms. The second-order valence-electron chi connectivity index (χ2n) is 6.13. The van der Waals surface area contributed by atoms with E-state index in [-0.39, 0.29) is 5.91 Å². The maximum absolute atomic E-state index is 12.9. The number of carbonyl (C=O) groups is 2. The van der Waals surface area contributed by atoms with E-state index < -0.39 is 5.97 Å². The third-order valence-corrected chi connectivity index (χ3v) is 6.37. The van der Waals surface area contributed by atoms with Gasteiger partial charge in [-0.25, -0.2) is 4.79 Å². The number of nitrogens with zero attached hydrogens (tertiary/aromatic N) is 1. The summed E-state index contributed by atoms with van der Waals surface area (Å²) in [7, 11) is 1.50. The van der Waals surface area contributed by atoms with E-state index in [1.54, 1.807) is 36.4 Å². The molecule has 2 aromatic carbocycles. The molecular weight excluding hydrogens is 438 g/mol. The predicted octanol–water partition coefficient (Wildman–Crippen LogP) is 5.38. The van der Waals surface area contributed by atoms with E-state index in [2.05, 4.69) is 0 Å². The van der Waals surface area contributed by atoms with Gasteiger partial charge in [0.25, 0.3) is 5.91 Å². The minimum atomic E-state index is -0.445. The number of carbonyl (C=O) groups excluding carboxylic acids is 2. The van der Waals surface area contributed by atoms with Crippen LogP contribution >= 0.6 is 35.3 Å². The molecule has 2 heterocycles. The lowest BCUT2D eigenvalue weighted by atomic mass is 10.2.